The van der Waals surface area contributed by atoms with E-state index in [1.165, 1.54) is 4.90 Å². The van der Waals surface area contributed by atoms with Crippen LogP contribution in [0.3, 0.4) is 0 Å². The summed E-state index contributed by atoms with van der Waals surface area (Å²) in [5, 5.41) is 2.87. The molecule has 1 aromatic rings. The first-order valence-corrected chi connectivity index (χ1v) is 9.38. The smallest absolute Gasteiger partial charge is 0.247 e. The second-order valence-corrected chi connectivity index (χ2v) is 8.05. The fourth-order valence-electron chi connectivity index (χ4n) is 4.76. The average Bonchev–Trinajstić information content (AvgIpc) is 3.28. The summed E-state index contributed by atoms with van der Waals surface area (Å²) < 4.78 is 0. The molecule has 0 radical (unpaired) electrons. The Balaban J connectivity index is 1.60. The maximum atomic E-state index is 13.1. The van der Waals surface area contributed by atoms with Gasteiger partial charge in [0.2, 0.25) is 17.7 Å². The number of hydrogen-bond donors (Lipinski definition) is 1. The molecule has 3 aliphatic rings. The average molecular weight is 352 g/mol. The molecule has 2 aliphatic carbocycles. The molecule has 1 saturated heterocycles. The number of imide groups is 1. The molecule has 5 nitrogen and oxygen atoms in total. The number of hydrogen-bond acceptors (Lipinski definition) is 3. The van der Waals surface area contributed by atoms with Crippen LogP contribution in [0.4, 0.5) is 5.69 Å². The van der Waals surface area contributed by atoms with Crippen LogP contribution in [-0.4, -0.2) is 28.7 Å². The molecule has 0 unspecified atom stereocenters. The Kier molecular flexibility index (Phi) is 4.17. The van der Waals surface area contributed by atoms with Gasteiger partial charge in [0.1, 0.15) is 6.04 Å². The van der Waals surface area contributed by atoms with E-state index in [4.69, 9.17) is 0 Å². The van der Waals surface area contributed by atoms with Crippen molar-refractivity contribution in [2.45, 2.75) is 32.7 Å². The van der Waals surface area contributed by atoms with Crippen molar-refractivity contribution in [3.05, 3.63) is 42.5 Å². The molecule has 1 N–H and O–H groups in total. The summed E-state index contributed by atoms with van der Waals surface area (Å²) in [5.41, 5.74) is 0.673. The van der Waals surface area contributed by atoms with E-state index < -0.39 is 6.04 Å². The molecule has 2 bridgehead atoms. The van der Waals surface area contributed by atoms with Gasteiger partial charge in [0, 0.05) is 5.69 Å². The normalized spacial score (nSPS) is 30.2. The van der Waals surface area contributed by atoms with Crippen LogP contribution in [0.2, 0.25) is 0 Å². The molecule has 0 spiro atoms. The van der Waals surface area contributed by atoms with E-state index in [0.29, 0.717) is 12.1 Å². The van der Waals surface area contributed by atoms with Crippen molar-refractivity contribution in [1.29, 1.82) is 0 Å². The largest absolute Gasteiger partial charge is 0.324 e. The van der Waals surface area contributed by atoms with Gasteiger partial charge >= 0.3 is 0 Å². The van der Waals surface area contributed by atoms with Crippen LogP contribution in [0.1, 0.15) is 26.7 Å². The van der Waals surface area contributed by atoms with Crippen molar-refractivity contribution in [2.75, 3.05) is 5.32 Å². The number of fused-ring (bicyclic) bond motifs is 5. The number of anilines is 1. The van der Waals surface area contributed by atoms with Crippen LogP contribution >= 0.6 is 0 Å². The number of carbonyl (C=O) groups is 3. The minimum absolute atomic E-state index is 0.156. The Bertz CT molecular complexity index is 741. The van der Waals surface area contributed by atoms with Gasteiger partial charge in [-0.25, -0.2) is 0 Å². The number of nitrogens with one attached hydrogen (secondary N) is 1. The molecule has 1 heterocycles. The van der Waals surface area contributed by atoms with Gasteiger partial charge in [0.25, 0.3) is 0 Å². The zero-order valence-corrected chi connectivity index (χ0v) is 15.1. The first-order valence-electron chi connectivity index (χ1n) is 9.38. The molecule has 5 atom stereocenters. The molecule has 2 fully saturated rings. The fraction of sp³-hybridized carbons (Fsp3) is 0.476. The summed E-state index contributed by atoms with van der Waals surface area (Å²) in [5.74, 6) is -0.638. The van der Waals surface area contributed by atoms with Crippen molar-refractivity contribution in [3.63, 3.8) is 0 Å². The predicted octanol–water partition coefficient (Wildman–Crippen LogP) is 2.85. The van der Waals surface area contributed by atoms with Gasteiger partial charge in [-0.05, 0) is 42.7 Å². The fourth-order valence-corrected chi connectivity index (χ4v) is 4.76. The standard InChI is InChI=1S/C21H24N2O3/c1-12(2)10-16(19(24)22-15-6-4-3-5-7-15)23-20(25)17-13-8-9-14(11-13)18(17)21(23)26/h3-9,12-14,16-18H,10-11H2,1-2H3,(H,22,24)/t13-,14+,16-,17+,18+/m1/s1. The van der Waals surface area contributed by atoms with E-state index in [-0.39, 0.29) is 47.3 Å². The summed E-state index contributed by atoms with van der Waals surface area (Å²) in [6, 6.07) is 8.41. The lowest BCUT2D eigenvalue weighted by Gasteiger charge is -2.28. The van der Waals surface area contributed by atoms with E-state index in [1.54, 1.807) is 12.1 Å². The van der Waals surface area contributed by atoms with Gasteiger partial charge in [-0.2, -0.15) is 0 Å². The van der Waals surface area contributed by atoms with E-state index in [9.17, 15) is 14.4 Å². The van der Waals surface area contributed by atoms with E-state index >= 15 is 0 Å². The number of benzene rings is 1. The third kappa shape index (κ3) is 2.66. The molecule has 5 heteroatoms. The predicted molar refractivity (Wildman–Crippen MR) is 97.9 cm³/mol. The summed E-state index contributed by atoms with van der Waals surface area (Å²) in [4.78, 5) is 40.3. The second kappa shape index (κ2) is 6.38. The molecule has 136 valence electrons. The molecule has 1 aromatic carbocycles. The molecule has 4 rings (SSSR count). The number of carbonyl (C=O) groups excluding carboxylic acids is 3. The van der Waals surface area contributed by atoms with Crippen LogP contribution in [0.25, 0.3) is 0 Å². The highest BCUT2D eigenvalue weighted by Crippen LogP contribution is 2.53. The molecular weight excluding hydrogens is 328 g/mol. The lowest BCUT2D eigenvalue weighted by atomic mass is 9.85. The van der Waals surface area contributed by atoms with Crippen LogP contribution in [0.15, 0.2) is 42.5 Å². The summed E-state index contributed by atoms with van der Waals surface area (Å²) >= 11 is 0. The van der Waals surface area contributed by atoms with E-state index in [2.05, 4.69) is 17.5 Å². The number of allylic oxidation sites excluding steroid dienone is 2. The third-order valence-corrected chi connectivity index (χ3v) is 5.85. The summed E-state index contributed by atoms with van der Waals surface area (Å²) in [6.45, 7) is 4.00. The van der Waals surface area contributed by atoms with Gasteiger partial charge in [-0.1, -0.05) is 44.2 Å². The first kappa shape index (κ1) is 17.0. The van der Waals surface area contributed by atoms with Crippen LogP contribution in [0, 0.1) is 29.6 Å². The Morgan fingerprint density at radius 1 is 1.08 bits per heavy atom. The number of rotatable bonds is 5. The molecule has 26 heavy (non-hydrogen) atoms. The highest BCUT2D eigenvalue weighted by Gasteiger charge is 2.61. The molecule has 0 aromatic heterocycles. The van der Waals surface area contributed by atoms with Crippen molar-refractivity contribution < 1.29 is 14.4 Å². The Labute approximate surface area is 153 Å². The van der Waals surface area contributed by atoms with Crippen molar-refractivity contribution in [1.82, 2.24) is 4.90 Å². The van der Waals surface area contributed by atoms with Gasteiger partial charge < -0.3 is 5.32 Å². The maximum Gasteiger partial charge on any atom is 0.247 e. The zero-order valence-electron chi connectivity index (χ0n) is 15.1. The van der Waals surface area contributed by atoms with Crippen LogP contribution in [0.5, 0.6) is 0 Å². The van der Waals surface area contributed by atoms with Gasteiger partial charge in [-0.3, -0.25) is 19.3 Å². The number of likely N-dealkylation sites (tertiary alicyclic amines) is 1. The number of nitrogens with zero attached hydrogens (tertiary/aromatic N) is 1. The van der Waals surface area contributed by atoms with Gasteiger partial charge in [0.15, 0.2) is 0 Å². The maximum absolute atomic E-state index is 13.1. The Morgan fingerprint density at radius 2 is 1.65 bits per heavy atom. The Hall–Kier alpha value is -2.43. The molecule has 3 amide bonds. The SMILES string of the molecule is CC(C)C[C@H](C(=O)Nc1ccccc1)N1C(=O)[C@@H]2[C@@H](C1=O)[C@H]1C=C[C@@H]2C1. The quantitative estimate of drug-likeness (QED) is 0.654. The van der Waals surface area contributed by atoms with Crippen LogP contribution < -0.4 is 5.32 Å². The van der Waals surface area contributed by atoms with Crippen molar-refractivity contribution >= 4 is 23.4 Å². The van der Waals surface area contributed by atoms with Crippen molar-refractivity contribution in [3.8, 4) is 0 Å². The molecule has 1 aliphatic heterocycles. The first-order chi connectivity index (χ1) is 12.5. The highest BCUT2D eigenvalue weighted by atomic mass is 16.2. The zero-order chi connectivity index (χ0) is 18.4. The summed E-state index contributed by atoms with van der Waals surface area (Å²) in [6.07, 6.45) is 5.51. The van der Waals surface area contributed by atoms with Gasteiger partial charge in [0.05, 0.1) is 11.8 Å². The van der Waals surface area contributed by atoms with Gasteiger partial charge in [-0.15, -0.1) is 0 Å². The van der Waals surface area contributed by atoms with E-state index in [1.807, 2.05) is 32.0 Å². The second-order valence-electron chi connectivity index (χ2n) is 8.05. The molecular formula is C21H24N2O3. The number of amides is 3. The molecule has 1 saturated carbocycles. The third-order valence-electron chi connectivity index (χ3n) is 5.85. The van der Waals surface area contributed by atoms with Crippen LogP contribution in [-0.2, 0) is 14.4 Å². The van der Waals surface area contributed by atoms with E-state index in [0.717, 1.165) is 6.42 Å². The minimum atomic E-state index is -0.750. The minimum Gasteiger partial charge on any atom is -0.324 e. The lowest BCUT2D eigenvalue weighted by Crippen LogP contribution is -2.49. The highest BCUT2D eigenvalue weighted by molar-refractivity contribution is 6.10. The summed E-state index contributed by atoms with van der Waals surface area (Å²) in [7, 11) is 0. The monoisotopic (exact) mass is 352 g/mol. The topological polar surface area (TPSA) is 66.5 Å². The van der Waals surface area contributed by atoms with Crippen molar-refractivity contribution in [2.24, 2.45) is 29.6 Å². The Morgan fingerprint density at radius 3 is 2.19 bits per heavy atom. The lowest BCUT2D eigenvalue weighted by molar-refractivity contribution is -0.147. The number of para-hydroxylation sites is 1.